The number of hydrogen-bond acceptors (Lipinski definition) is 2. The molecule has 0 bridgehead atoms. The summed E-state index contributed by atoms with van der Waals surface area (Å²) in [5.41, 5.74) is 0.160. The molecule has 2 rings (SSSR count). The SMILES string of the molecule is CC(C)(C(=O)O)c1ccccc1C(=O)C1CC1. The Morgan fingerprint density at radius 2 is 1.82 bits per heavy atom. The average Bonchev–Trinajstić information content (AvgIpc) is 3.11. The van der Waals surface area contributed by atoms with Crippen LogP contribution >= 0.6 is 0 Å². The molecule has 0 atom stereocenters. The van der Waals surface area contributed by atoms with Crippen molar-refractivity contribution in [3.8, 4) is 0 Å². The van der Waals surface area contributed by atoms with Crippen molar-refractivity contribution in [2.45, 2.75) is 32.1 Å². The van der Waals surface area contributed by atoms with E-state index in [1.54, 1.807) is 38.1 Å². The summed E-state index contributed by atoms with van der Waals surface area (Å²) >= 11 is 0. The van der Waals surface area contributed by atoms with E-state index >= 15 is 0 Å². The van der Waals surface area contributed by atoms with E-state index < -0.39 is 11.4 Å². The predicted octanol–water partition coefficient (Wildman–Crippen LogP) is 2.64. The first-order chi connectivity index (χ1) is 7.94. The molecule has 3 heteroatoms. The zero-order chi connectivity index (χ0) is 12.6. The Morgan fingerprint density at radius 1 is 1.24 bits per heavy atom. The molecular weight excluding hydrogens is 216 g/mol. The Hall–Kier alpha value is -1.64. The van der Waals surface area contributed by atoms with Crippen LogP contribution in [0.4, 0.5) is 0 Å². The van der Waals surface area contributed by atoms with Gasteiger partial charge in [-0.2, -0.15) is 0 Å². The van der Waals surface area contributed by atoms with Crippen LogP contribution in [0.15, 0.2) is 24.3 Å². The van der Waals surface area contributed by atoms with Gasteiger partial charge in [0.05, 0.1) is 5.41 Å². The van der Waals surface area contributed by atoms with Gasteiger partial charge < -0.3 is 5.11 Å². The summed E-state index contributed by atoms with van der Waals surface area (Å²) in [6.45, 7) is 3.27. The monoisotopic (exact) mass is 232 g/mol. The maximum absolute atomic E-state index is 12.1. The van der Waals surface area contributed by atoms with Crippen molar-refractivity contribution in [1.29, 1.82) is 0 Å². The van der Waals surface area contributed by atoms with Gasteiger partial charge in [0, 0.05) is 11.5 Å². The molecule has 0 saturated heterocycles. The van der Waals surface area contributed by atoms with E-state index in [0.717, 1.165) is 12.8 Å². The fourth-order valence-electron chi connectivity index (χ4n) is 1.92. The van der Waals surface area contributed by atoms with Crippen LogP contribution in [-0.2, 0) is 10.2 Å². The van der Waals surface area contributed by atoms with Crippen molar-refractivity contribution in [1.82, 2.24) is 0 Å². The van der Waals surface area contributed by atoms with Gasteiger partial charge in [0.1, 0.15) is 0 Å². The Labute approximate surface area is 100 Å². The van der Waals surface area contributed by atoms with Crippen LogP contribution in [0.3, 0.4) is 0 Å². The number of rotatable bonds is 4. The minimum absolute atomic E-state index is 0.0925. The number of hydrogen-bond donors (Lipinski definition) is 1. The lowest BCUT2D eigenvalue weighted by atomic mass is 9.80. The van der Waals surface area contributed by atoms with Crippen LogP contribution in [-0.4, -0.2) is 16.9 Å². The molecule has 0 aromatic heterocycles. The van der Waals surface area contributed by atoms with Gasteiger partial charge >= 0.3 is 5.97 Å². The quantitative estimate of drug-likeness (QED) is 0.812. The first-order valence-corrected chi connectivity index (χ1v) is 5.81. The van der Waals surface area contributed by atoms with Crippen LogP contribution in [0.5, 0.6) is 0 Å². The van der Waals surface area contributed by atoms with Crippen LogP contribution in [0, 0.1) is 5.92 Å². The molecule has 1 N–H and O–H groups in total. The number of carboxylic acids is 1. The van der Waals surface area contributed by atoms with Gasteiger partial charge in [0.15, 0.2) is 5.78 Å². The Balaban J connectivity index is 2.46. The fourth-order valence-corrected chi connectivity index (χ4v) is 1.92. The lowest BCUT2D eigenvalue weighted by Gasteiger charge is -2.22. The molecule has 90 valence electrons. The normalized spacial score (nSPS) is 15.6. The molecule has 0 spiro atoms. The molecule has 0 radical (unpaired) electrons. The minimum atomic E-state index is -1.03. The highest BCUT2D eigenvalue weighted by Gasteiger charge is 2.37. The molecule has 1 aliphatic rings. The van der Waals surface area contributed by atoms with E-state index in [-0.39, 0.29) is 11.7 Å². The molecule has 3 nitrogen and oxygen atoms in total. The molecule has 1 aliphatic carbocycles. The summed E-state index contributed by atoms with van der Waals surface area (Å²) in [6.07, 6.45) is 1.86. The summed E-state index contributed by atoms with van der Waals surface area (Å²) in [7, 11) is 0. The molecule has 17 heavy (non-hydrogen) atoms. The molecular formula is C14H16O3. The highest BCUT2D eigenvalue weighted by atomic mass is 16.4. The van der Waals surface area contributed by atoms with Gasteiger partial charge in [-0.15, -0.1) is 0 Å². The molecule has 0 aliphatic heterocycles. The third kappa shape index (κ3) is 2.09. The lowest BCUT2D eigenvalue weighted by Crippen LogP contribution is -2.30. The Morgan fingerprint density at radius 3 is 2.35 bits per heavy atom. The Kier molecular flexibility index (Phi) is 2.77. The highest BCUT2D eigenvalue weighted by Crippen LogP contribution is 2.36. The van der Waals surface area contributed by atoms with E-state index in [1.165, 1.54) is 0 Å². The zero-order valence-corrected chi connectivity index (χ0v) is 10.1. The van der Waals surface area contributed by atoms with Gasteiger partial charge in [0.2, 0.25) is 0 Å². The smallest absolute Gasteiger partial charge is 0.313 e. The van der Waals surface area contributed by atoms with Gasteiger partial charge in [-0.25, -0.2) is 0 Å². The predicted molar refractivity (Wildman–Crippen MR) is 64.2 cm³/mol. The summed E-state index contributed by atoms with van der Waals surface area (Å²) in [5.74, 6) is -0.704. The van der Waals surface area contributed by atoms with Crippen molar-refractivity contribution in [3.05, 3.63) is 35.4 Å². The van der Waals surface area contributed by atoms with Crippen molar-refractivity contribution < 1.29 is 14.7 Å². The van der Waals surface area contributed by atoms with Crippen molar-refractivity contribution in [2.75, 3.05) is 0 Å². The fraction of sp³-hybridized carbons (Fsp3) is 0.429. The van der Waals surface area contributed by atoms with E-state index in [2.05, 4.69) is 0 Å². The third-order valence-corrected chi connectivity index (χ3v) is 3.35. The number of carbonyl (C=O) groups excluding carboxylic acids is 1. The maximum Gasteiger partial charge on any atom is 0.313 e. The van der Waals surface area contributed by atoms with E-state index in [9.17, 15) is 14.7 Å². The molecule has 1 aromatic rings. The maximum atomic E-state index is 12.1. The number of Topliss-reactive ketones (excluding diaryl/α,β-unsaturated/α-hetero) is 1. The van der Waals surface area contributed by atoms with Gasteiger partial charge in [0.25, 0.3) is 0 Å². The summed E-state index contributed by atoms with van der Waals surface area (Å²) in [5, 5.41) is 9.24. The number of carbonyl (C=O) groups is 2. The molecule has 1 saturated carbocycles. The first-order valence-electron chi connectivity index (χ1n) is 5.81. The summed E-state index contributed by atoms with van der Waals surface area (Å²) < 4.78 is 0. The van der Waals surface area contributed by atoms with Crippen LogP contribution in [0.2, 0.25) is 0 Å². The topological polar surface area (TPSA) is 54.4 Å². The average molecular weight is 232 g/mol. The Bertz CT molecular complexity index is 470. The summed E-state index contributed by atoms with van der Waals surface area (Å²) in [6, 6.07) is 7.05. The van der Waals surface area contributed by atoms with Crippen LogP contribution in [0.1, 0.15) is 42.6 Å². The second-order valence-corrected chi connectivity index (χ2v) is 5.11. The molecule has 0 amide bonds. The third-order valence-electron chi connectivity index (χ3n) is 3.35. The van der Waals surface area contributed by atoms with Crippen LogP contribution in [0.25, 0.3) is 0 Å². The minimum Gasteiger partial charge on any atom is -0.481 e. The second-order valence-electron chi connectivity index (χ2n) is 5.11. The van der Waals surface area contributed by atoms with Crippen molar-refractivity contribution in [3.63, 3.8) is 0 Å². The molecule has 0 heterocycles. The number of carboxylic acid groups (broad SMARTS) is 1. The zero-order valence-electron chi connectivity index (χ0n) is 10.1. The van der Waals surface area contributed by atoms with Crippen molar-refractivity contribution >= 4 is 11.8 Å². The van der Waals surface area contributed by atoms with Gasteiger partial charge in [-0.1, -0.05) is 24.3 Å². The van der Waals surface area contributed by atoms with E-state index in [1.807, 2.05) is 0 Å². The number of ketones is 1. The molecule has 1 fully saturated rings. The van der Waals surface area contributed by atoms with Crippen molar-refractivity contribution in [2.24, 2.45) is 5.92 Å². The highest BCUT2D eigenvalue weighted by molar-refractivity contribution is 6.02. The first kappa shape index (κ1) is 11.8. The largest absolute Gasteiger partial charge is 0.481 e. The molecule has 1 aromatic carbocycles. The van der Waals surface area contributed by atoms with Crippen LogP contribution < -0.4 is 0 Å². The number of benzene rings is 1. The lowest BCUT2D eigenvalue weighted by molar-refractivity contribution is -0.142. The van der Waals surface area contributed by atoms with Gasteiger partial charge in [-0.3, -0.25) is 9.59 Å². The van der Waals surface area contributed by atoms with Gasteiger partial charge in [-0.05, 0) is 32.3 Å². The molecule has 0 unspecified atom stereocenters. The number of aliphatic carboxylic acids is 1. The summed E-state index contributed by atoms with van der Waals surface area (Å²) in [4.78, 5) is 23.4. The second kappa shape index (κ2) is 3.99. The standard InChI is InChI=1S/C14H16O3/c1-14(2,13(16)17)11-6-4-3-5-10(11)12(15)9-7-8-9/h3-6,9H,7-8H2,1-2H3,(H,16,17). The van der Waals surface area contributed by atoms with E-state index in [0.29, 0.717) is 11.1 Å². The van der Waals surface area contributed by atoms with E-state index in [4.69, 9.17) is 0 Å².